The fourth-order valence-electron chi connectivity index (χ4n) is 2.50. The lowest BCUT2D eigenvalue weighted by molar-refractivity contribution is 0.0817. The van der Waals surface area contributed by atoms with Crippen LogP contribution in [0.1, 0.15) is 34.2 Å². The second kappa shape index (κ2) is 6.96. The van der Waals surface area contributed by atoms with Crippen molar-refractivity contribution in [2.45, 2.75) is 34.1 Å². The first-order chi connectivity index (χ1) is 10.3. The van der Waals surface area contributed by atoms with E-state index in [1.807, 2.05) is 32.9 Å². The molecule has 0 atom stereocenters. The highest BCUT2D eigenvalue weighted by Crippen LogP contribution is 2.32. The monoisotopic (exact) mass is 428 g/mol. The number of halogens is 2. The molecular formula is C16H18Br2N2O2. The van der Waals surface area contributed by atoms with E-state index in [-0.39, 0.29) is 12.5 Å². The molecule has 2 aromatic rings. The molecule has 0 fully saturated rings. The maximum atomic E-state index is 12.4. The first-order valence-electron chi connectivity index (χ1n) is 7.01. The highest BCUT2D eigenvalue weighted by atomic mass is 79.9. The molecule has 6 heteroatoms. The van der Waals surface area contributed by atoms with E-state index in [4.69, 9.17) is 4.74 Å². The molecule has 0 aliphatic carbocycles. The topological polar surface area (TPSA) is 44.1 Å². The summed E-state index contributed by atoms with van der Waals surface area (Å²) < 4.78 is 8.91. The first-order valence-corrected chi connectivity index (χ1v) is 8.60. The van der Waals surface area contributed by atoms with E-state index in [9.17, 15) is 4.79 Å². The Bertz CT molecular complexity index is 700. The van der Waals surface area contributed by atoms with Gasteiger partial charge in [0.25, 0.3) is 5.91 Å². The molecule has 0 saturated heterocycles. The van der Waals surface area contributed by atoms with E-state index >= 15 is 0 Å². The summed E-state index contributed by atoms with van der Waals surface area (Å²) in [7, 11) is 0. The van der Waals surface area contributed by atoms with Crippen LogP contribution < -0.4 is 4.74 Å². The lowest BCUT2D eigenvalue weighted by Crippen LogP contribution is -2.22. The van der Waals surface area contributed by atoms with Gasteiger partial charge in [-0.1, -0.05) is 22.9 Å². The second-order valence-corrected chi connectivity index (χ2v) is 6.90. The molecule has 0 aliphatic rings. The molecule has 0 aliphatic heterocycles. The van der Waals surface area contributed by atoms with E-state index in [1.54, 1.807) is 0 Å². The van der Waals surface area contributed by atoms with Crippen LogP contribution in [0.15, 0.2) is 21.1 Å². The van der Waals surface area contributed by atoms with Crippen molar-refractivity contribution < 1.29 is 9.53 Å². The number of aromatic nitrogens is 2. The smallest absolute Gasteiger partial charge is 0.284 e. The number of hydrogen-bond acceptors (Lipinski definition) is 3. The highest BCUT2D eigenvalue weighted by Gasteiger charge is 2.17. The van der Waals surface area contributed by atoms with Crippen molar-refractivity contribution in [1.29, 1.82) is 0 Å². The Morgan fingerprint density at radius 1 is 1.27 bits per heavy atom. The molecule has 0 radical (unpaired) electrons. The van der Waals surface area contributed by atoms with Crippen molar-refractivity contribution in [2.75, 3.05) is 6.61 Å². The molecule has 1 aromatic carbocycles. The third kappa shape index (κ3) is 3.43. The summed E-state index contributed by atoms with van der Waals surface area (Å²) >= 11 is 6.88. The van der Waals surface area contributed by atoms with Crippen LogP contribution in [-0.2, 0) is 6.42 Å². The summed E-state index contributed by atoms with van der Waals surface area (Å²) in [6, 6.07) is 3.84. The number of hydrogen-bond donors (Lipinski definition) is 0. The maximum absolute atomic E-state index is 12.4. The SMILES string of the molecule is CCc1c(C)nn(C(=O)COc2c(C)cc(Br)cc2Br)c1C. The normalized spacial score (nSPS) is 10.8. The Morgan fingerprint density at radius 2 is 1.95 bits per heavy atom. The number of carbonyl (C=O) groups excluding carboxylic acids is 1. The van der Waals surface area contributed by atoms with E-state index in [0.29, 0.717) is 5.75 Å². The van der Waals surface area contributed by atoms with Gasteiger partial charge in [0.05, 0.1) is 10.2 Å². The van der Waals surface area contributed by atoms with Crippen molar-refractivity contribution in [3.63, 3.8) is 0 Å². The standard InChI is InChI=1S/C16H18Br2N2O2/c1-5-13-10(3)19-20(11(13)4)15(21)8-22-16-9(2)6-12(17)7-14(16)18/h6-7H,5,8H2,1-4H3. The molecule has 0 bridgehead atoms. The Labute approximate surface area is 147 Å². The molecule has 2 rings (SSSR count). The largest absolute Gasteiger partial charge is 0.482 e. The van der Waals surface area contributed by atoms with Crippen LogP contribution >= 0.6 is 31.9 Å². The zero-order chi connectivity index (χ0) is 16.4. The molecule has 0 saturated carbocycles. The first kappa shape index (κ1) is 17.2. The van der Waals surface area contributed by atoms with Crippen molar-refractivity contribution >= 4 is 37.8 Å². The molecule has 0 unspecified atom stereocenters. The lowest BCUT2D eigenvalue weighted by Gasteiger charge is -2.11. The van der Waals surface area contributed by atoms with Gasteiger partial charge in [-0.05, 0) is 66.4 Å². The summed E-state index contributed by atoms with van der Waals surface area (Å²) in [6.07, 6.45) is 0.864. The quantitative estimate of drug-likeness (QED) is 0.712. The summed E-state index contributed by atoms with van der Waals surface area (Å²) in [5, 5.41) is 4.32. The van der Waals surface area contributed by atoms with E-state index in [0.717, 1.165) is 37.9 Å². The van der Waals surface area contributed by atoms with E-state index in [1.165, 1.54) is 4.68 Å². The van der Waals surface area contributed by atoms with Gasteiger partial charge < -0.3 is 4.74 Å². The number of nitrogens with zero attached hydrogens (tertiary/aromatic N) is 2. The van der Waals surface area contributed by atoms with Gasteiger partial charge in [-0.25, -0.2) is 4.68 Å². The molecule has 4 nitrogen and oxygen atoms in total. The van der Waals surface area contributed by atoms with Crippen molar-refractivity contribution in [3.05, 3.63) is 43.6 Å². The molecule has 0 N–H and O–H groups in total. The summed E-state index contributed by atoms with van der Waals surface area (Å²) in [4.78, 5) is 12.4. The number of benzene rings is 1. The van der Waals surface area contributed by atoms with Gasteiger partial charge in [-0.3, -0.25) is 4.79 Å². The summed E-state index contributed by atoms with van der Waals surface area (Å²) in [6.45, 7) is 7.79. The van der Waals surface area contributed by atoms with Crippen LogP contribution in [-0.4, -0.2) is 22.3 Å². The minimum absolute atomic E-state index is 0.0494. The third-order valence-corrected chi connectivity index (χ3v) is 4.61. The molecule has 1 heterocycles. The zero-order valence-electron chi connectivity index (χ0n) is 13.0. The highest BCUT2D eigenvalue weighted by molar-refractivity contribution is 9.11. The van der Waals surface area contributed by atoms with Gasteiger partial charge in [0.2, 0.25) is 0 Å². The Morgan fingerprint density at radius 3 is 2.50 bits per heavy atom. The Balaban J connectivity index is 2.17. The van der Waals surface area contributed by atoms with Crippen molar-refractivity contribution in [1.82, 2.24) is 9.78 Å². The van der Waals surface area contributed by atoms with Gasteiger partial charge in [0, 0.05) is 10.2 Å². The van der Waals surface area contributed by atoms with Crippen LogP contribution in [0.25, 0.3) is 0 Å². The Hall–Kier alpha value is -1.14. The van der Waals surface area contributed by atoms with Crippen LogP contribution in [0.3, 0.4) is 0 Å². The predicted molar refractivity (Wildman–Crippen MR) is 93.8 cm³/mol. The lowest BCUT2D eigenvalue weighted by atomic mass is 10.1. The average molecular weight is 430 g/mol. The summed E-state index contributed by atoms with van der Waals surface area (Å²) in [5.41, 5.74) is 3.86. The predicted octanol–water partition coefficient (Wildman–Crippen LogP) is 4.61. The minimum atomic E-state index is -0.172. The van der Waals surface area contributed by atoms with Crippen LogP contribution in [0, 0.1) is 20.8 Å². The maximum Gasteiger partial charge on any atom is 0.284 e. The second-order valence-electron chi connectivity index (χ2n) is 5.13. The van der Waals surface area contributed by atoms with Crippen LogP contribution in [0.4, 0.5) is 0 Å². The number of ether oxygens (including phenoxy) is 1. The van der Waals surface area contributed by atoms with E-state index < -0.39 is 0 Å². The summed E-state index contributed by atoms with van der Waals surface area (Å²) in [5.74, 6) is 0.503. The molecule has 1 aromatic heterocycles. The van der Waals surface area contributed by atoms with Gasteiger partial charge in [0.1, 0.15) is 5.75 Å². The van der Waals surface area contributed by atoms with Crippen molar-refractivity contribution in [3.8, 4) is 5.75 Å². The van der Waals surface area contributed by atoms with Gasteiger partial charge in [-0.2, -0.15) is 5.10 Å². The molecule has 118 valence electrons. The molecule has 22 heavy (non-hydrogen) atoms. The van der Waals surface area contributed by atoms with Gasteiger partial charge in [0.15, 0.2) is 6.61 Å². The zero-order valence-corrected chi connectivity index (χ0v) is 16.2. The fourth-order valence-corrected chi connectivity index (χ4v) is 4.05. The van der Waals surface area contributed by atoms with Gasteiger partial charge >= 0.3 is 0 Å². The van der Waals surface area contributed by atoms with Crippen LogP contribution in [0.2, 0.25) is 0 Å². The number of aryl methyl sites for hydroxylation is 2. The fraction of sp³-hybridized carbons (Fsp3) is 0.375. The third-order valence-electron chi connectivity index (χ3n) is 3.57. The number of rotatable bonds is 4. The molecule has 0 spiro atoms. The minimum Gasteiger partial charge on any atom is -0.482 e. The molecule has 0 amide bonds. The van der Waals surface area contributed by atoms with E-state index in [2.05, 4.69) is 43.9 Å². The van der Waals surface area contributed by atoms with Crippen LogP contribution in [0.5, 0.6) is 5.75 Å². The average Bonchev–Trinajstić information content (AvgIpc) is 2.72. The van der Waals surface area contributed by atoms with Crippen molar-refractivity contribution in [2.24, 2.45) is 0 Å². The number of carbonyl (C=O) groups is 1. The Kier molecular flexibility index (Phi) is 5.45. The molecular weight excluding hydrogens is 412 g/mol. The van der Waals surface area contributed by atoms with Gasteiger partial charge in [-0.15, -0.1) is 0 Å².